The average molecular weight is 290 g/mol. The second-order valence-corrected chi connectivity index (χ2v) is 5.42. The molecule has 1 aliphatic rings. The van der Waals surface area contributed by atoms with Crippen molar-refractivity contribution in [1.82, 2.24) is 15.6 Å². The summed E-state index contributed by atoms with van der Waals surface area (Å²) >= 11 is 0. The van der Waals surface area contributed by atoms with Crippen molar-refractivity contribution in [3.05, 3.63) is 30.1 Å². The number of rotatable bonds is 5. The van der Waals surface area contributed by atoms with Crippen molar-refractivity contribution in [1.29, 1.82) is 0 Å². The fourth-order valence-electron chi connectivity index (χ4n) is 2.84. The van der Waals surface area contributed by atoms with Crippen LogP contribution in [0, 0.1) is 5.92 Å². The predicted octanol–water partition coefficient (Wildman–Crippen LogP) is 0.444. The summed E-state index contributed by atoms with van der Waals surface area (Å²) in [6.45, 7) is 2.79. The molecule has 4 N–H and O–H groups in total. The molecule has 1 fully saturated rings. The number of aromatic nitrogens is 1. The molecule has 6 nitrogen and oxygen atoms in total. The molecule has 2 amide bonds. The van der Waals surface area contributed by atoms with E-state index in [0.717, 1.165) is 19.4 Å². The van der Waals surface area contributed by atoms with Crippen LogP contribution in [0.25, 0.3) is 0 Å². The highest BCUT2D eigenvalue weighted by atomic mass is 16.2. The Labute approximate surface area is 124 Å². The van der Waals surface area contributed by atoms with Crippen LogP contribution in [0.3, 0.4) is 0 Å². The molecule has 1 aliphatic heterocycles. The first-order valence-electron chi connectivity index (χ1n) is 7.35. The average Bonchev–Trinajstić information content (AvgIpc) is 2.53. The summed E-state index contributed by atoms with van der Waals surface area (Å²) in [5.74, 6) is -0.159. The van der Waals surface area contributed by atoms with Crippen molar-refractivity contribution in [3.8, 4) is 0 Å². The molecule has 1 saturated heterocycles. The lowest BCUT2D eigenvalue weighted by atomic mass is 9.84. The summed E-state index contributed by atoms with van der Waals surface area (Å²) < 4.78 is 0. The van der Waals surface area contributed by atoms with Gasteiger partial charge in [-0.1, -0.05) is 6.92 Å². The van der Waals surface area contributed by atoms with Gasteiger partial charge in [0, 0.05) is 24.0 Å². The summed E-state index contributed by atoms with van der Waals surface area (Å²) in [4.78, 5) is 27.5. The number of hydrogen-bond donors (Lipinski definition) is 3. The van der Waals surface area contributed by atoms with Crippen LogP contribution >= 0.6 is 0 Å². The van der Waals surface area contributed by atoms with E-state index in [-0.39, 0.29) is 29.8 Å². The highest BCUT2D eigenvalue weighted by Crippen LogP contribution is 2.22. The smallest absolute Gasteiger partial charge is 0.251 e. The molecular formula is C15H22N4O2. The Morgan fingerprint density at radius 1 is 1.48 bits per heavy atom. The number of carbonyl (C=O) groups is 2. The zero-order valence-corrected chi connectivity index (χ0v) is 12.2. The van der Waals surface area contributed by atoms with Crippen molar-refractivity contribution in [2.24, 2.45) is 11.7 Å². The summed E-state index contributed by atoms with van der Waals surface area (Å²) in [6, 6.07) is 3.14. The molecule has 3 atom stereocenters. The number of nitrogens with two attached hydrogens (primary N) is 1. The second kappa shape index (κ2) is 7.17. The number of primary amides is 1. The Morgan fingerprint density at radius 3 is 2.81 bits per heavy atom. The van der Waals surface area contributed by atoms with Gasteiger partial charge in [-0.15, -0.1) is 0 Å². The van der Waals surface area contributed by atoms with Gasteiger partial charge in [-0.25, -0.2) is 0 Å². The maximum Gasteiger partial charge on any atom is 0.251 e. The quantitative estimate of drug-likeness (QED) is 0.733. The third kappa shape index (κ3) is 4.01. The van der Waals surface area contributed by atoms with E-state index >= 15 is 0 Å². The maximum atomic E-state index is 12.2. The van der Waals surface area contributed by atoms with E-state index in [4.69, 9.17) is 5.73 Å². The molecule has 1 aromatic heterocycles. The van der Waals surface area contributed by atoms with E-state index in [1.165, 1.54) is 0 Å². The fourth-order valence-corrected chi connectivity index (χ4v) is 2.84. The van der Waals surface area contributed by atoms with Crippen LogP contribution in [-0.2, 0) is 4.79 Å². The van der Waals surface area contributed by atoms with E-state index in [9.17, 15) is 9.59 Å². The Bertz CT molecular complexity index is 492. The van der Waals surface area contributed by atoms with Crippen LogP contribution in [0.4, 0.5) is 0 Å². The first-order chi connectivity index (χ1) is 10.1. The number of hydrogen-bond acceptors (Lipinski definition) is 4. The number of carbonyl (C=O) groups excluding carboxylic acids is 2. The van der Waals surface area contributed by atoms with Crippen LogP contribution in [-0.4, -0.2) is 35.4 Å². The number of nitrogens with zero attached hydrogens (tertiary/aromatic N) is 1. The van der Waals surface area contributed by atoms with Crippen LogP contribution in [0.5, 0.6) is 0 Å². The van der Waals surface area contributed by atoms with Crippen molar-refractivity contribution in [3.63, 3.8) is 0 Å². The van der Waals surface area contributed by atoms with E-state index in [2.05, 4.69) is 15.6 Å². The lowest BCUT2D eigenvalue weighted by Crippen LogP contribution is -2.51. The molecule has 0 radical (unpaired) electrons. The lowest BCUT2D eigenvalue weighted by Gasteiger charge is -2.34. The number of amides is 2. The normalized spacial score (nSPS) is 23.3. The molecule has 0 aliphatic carbocycles. The van der Waals surface area contributed by atoms with Gasteiger partial charge in [-0.3, -0.25) is 14.6 Å². The van der Waals surface area contributed by atoms with Gasteiger partial charge in [0.05, 0.1) is 6.04 Å². The highest BCUT2D eigenvalue weighted by molar-refractivity contribution is 5.94. The zero-order valence-electron chi connectivity index (χ0n) is 12.2. The third-order valence-electron chi connectivity index (χ3n) is 4.06. The Kier molecular flexibility index (Phi) is 5.27. The molecule has 2 heterocycles. The van der Waals surface area contributed by atoms with E-state index in [1.807, 2.05) is 6.92 Å². The minimum atomic E-state index is -0.324. The Balaban J connectivity index is 1.99. The van der Waals surface area contributed by atoms with Crippen molar-refractivity contribution in [2.45, 2.75) is 38.3 Å². The van der Waals surface area contributed by atoms with Crippen molar-refractivity contribution >= 4 is 11.8 Å². The second-order valence-electron chi connectivity index (χ2n) is 5.42. The van der Waals surface area contributed by atoms with Crippen molar-refractivity contribution in [2.75, 3.05) is 6.54 Å². The van der Waals surface area contributed by atoms with E-state index in [0.29, 0.717) is 12.0 Å². The molecule has 1 aromatic rings. The molecule has 0 aromatic carbocycles. The third-order valence-corrected chi connectivity index (χ3v) is 4.06. The first kappa shape index (κ1) is 15.4. The largest absolute Gasteiger partial charge is 0.368 e. The van der Waals surface area contributed by atoms with Gasteiger partial charge in [0.25, 0.3) is 5.91 Å². The summed E-state index contributed by atoms with van der Waals surface area (Å²) in [6.07, 6.45) is 5.63. The molecule has 0 bridgehead atoms. The van der Waals surface area contributed by atoms with Crippen LogP contribution < -0.4 is 16.4 Å². The summed E-state index contributed by atoms with van der Waals surface area (Å²) in [7, 11) is 0. The van der Waals surface area contributed by atoms with Gasteiger partial charge >= 0.3 is 0 Å². The van der Waals surface area contributed by atoms with Crippen LogP contribution in [0.15, 0.2) is 24.5 Å². The van der Waals surface area contributed by atoms with Crippen LogP contribution in [0.1, 0.15) is 36.5 Å². The predicted molar refractivity (Wildman–Crippen MR) is 79.5 cm³/mol. The standard InChI is InChI=1S/C15H22N4O2/c1-2-12(11-5-8-18-13(9-11)14(16)20)19-15(21)10-3-6-17-7-4-10/h3-4,6-7,11-13,18H,2,5,8-9H2,1H3,(H2,16,20)(H,19,21)/t11?,12-,13?/m0/s1. The van der Waals surface area contributed by atoms with Gasteiger partial charge in [0.15, 0.2) is 0 Å². The molecule has 2 unspecified atom stereocenters. The van der Waals surface area contributed by atoms with E-state index < -0.39 is 0 Å². The van der Waals surface area contributed by atoms with Crippen molar-refractivity contribution < 1.29 is 9.59 Å². The van der Waals surface area contributed by atoms with Gasteiger partial charge < -0.3 is 16.4 Å². The monoisotopic (exact) mass is 290 g/mol. The van der Waals surface area contributed by atoms with Gasteiger partial charge in [-0.05, 0) is 43.9 Å². The summed E-state index contributed by atoms with van der Waals surface area (Å²) in [5, 5.41) is 6.18. The minimum Gasteiger partial charge on any atom is -0.368 e. The Morgan fingerprint density at radius 2 is 2.19 bits per heavy atom. The Hall–Kier alpha value is -1.95. The van der Waals surface area contributed by atoms with E-state index in [1.54, 1.807) is 24.5 Å². The number of piperidine rings is 1. The highest BCUT2D eigenvalue weighted by Gasteiger charge is 2.30. The molecule has 114 valence electrons. The fraction of sp³-hybridized carbons (Fsp3) is 0.533. The maximum absolute atomic E-state index is 12.2. The summed E-state index contributed by atoms with van der Waals surface area (Å²) in [5.41, 5.74) is 5.97. The first-order valence-corrected chi connectivity index (χ1v) is 7.35. The molecule has 6 heteroatoms. The molecular weight excluding hydrogens is 268 g/mol. The van der Waals surface area contributed by atoms with Crippen LogP contribution in [0.2, 0.25) is 0 Å². The minimum absolute atomic E-state index is 0.0506. The SMILES string of the molecule is CC[C@H](NC(=O)c1ccncc1)C1CCNC(C(N)=O)C1. The number of nitrogens with one attached hydrogen (secondary N) is 2. The molecule has 0 saturated carbocycles. The topological polar surface area (TPSA) is 97.1 Å². The number of pyridine rings is 1. The molecule has 2 rings (SSSR count). The van der Waals surface area contributed by atoms with Gasteiger partial charge in [-0.2, -0.15) is 0 Å². The van der Waals surface area contributed by atoms with Gasteiger partial charge in [0.2, 0.25) is 5.91 Å². The lowest BCUT2D eigenvalue weighted by molar-refractivity contribution is -0.121. The zero-order chi connectivity index (χ0) is 15.2. The van der Waals surface area contributed by atoms with Gasteiger partial charge in [0.1, 0.15) is 0 Å². The molecule has 0 spiro atoms. The molecule has 21 heavy (non-hydrogen) atoms.